The van der Waals surface area contributed by atoms with Gasteiger partial charge in [0, 0.05) is 31.8 Å². The molecule has 110 valence electrons. The van der Waals surface area contributed by atoms with Gasteiger partial charge in [-0.25, -0.2) is 0 Å². The van der Waals surface area contributed by atoms with Gasteiger partial charge >= 0.3 is 0 Å². The highest BCUT2D eigenvalue weighted by molar-refractivity contribution is 5.85. The second-order valence-electron chi connectivity index (χ2n) is 5.96. The molecule has 0 saturated carbocycles. The summed E-state index contributed by atoms with van der Waals surface area (Å²) in [5.41, 5.74) is 0. The molecule has 0 aromatic carbocycles. The molecular formula is C14H25ClN2O2. The lowest BCUT2D eigenvalue weighted by Crippen LogP contribution is -2.40. The van der Waals surface area contributed by atoms with Crippen LogP contribution in [-0.2, 0) is 9.53 Å². The smallest absolute Gasteiger partial charge is 0.225 e. The first-order valence-corrected chi connectivity index (χ1v) is 7.46. The minimum atomic E-state index is 0. The molecule has 4 nitrogen and oxygen atoms in total. The topological polar surface area (TPSA) is 41.6 Å². The van der Waals surface area contributed by atoms with Crippen molar-refractivity contribution in [2.75, 3.05) is 19.7 Å². The van der Waals surface area contributed by atoms with Crippen LogP contribution in [0, 0.1) is 0 Å². The van der Waals surface area contributed by atoms with Gasteiger partial charge in [0.15, 0.2) is 0 Å². The van der Waals surface area contributed by atoms with Gasteiger partial charge in [-0.1, -0.05) is 0 Å². The molecule has 1 N–H and O–H groups in total. The fourth-order valence-electron chi connectivity index (χ4n) is 3.46. The van der Waals surface area contributed by atoms with E-state index >= 15 is 0 Å². The highest BCUT2D eigenvalue weighted by Gasteiger charge is 2.31. The molecule has 0 aromatic heterocycles. The molecule has 3 unspecified atom stereocenters. The molecule has 2 bridgehead atoms. The SMILES string of the molecule is Cl.O=C(CC1CCCCO1)N1CCC2CCC(C1)N2. The Labute approximate surface area is 121 Å². The molecule has 0 spiro atoms. The Kier molecular flexibility index (Phi) is 5.48. The lowest BCUT2D eigenvalue weighted by molar-refractivity contribution is -0.135. The van der Waals surface area contributed by atoms with Crippen LogP contribution >= 0.6 is 12.4 Å². The molecule has 0 aromatic rings. The van der Waals surface area contributed by atoms with E-state index < -0.39 is 0 Å². The number of likely N-dealkylation sites (tertiary alicyclic amines) is 1. The maximum absolute atomic E-state index is 12.3. The molecule has 3 heterocycles. The number of hydrogen-bond acceptors (Lipinski definition) is 3. The Morgan fingerprint density at radius 1 is 1.16 bits per heavy atom. The second-order valence-corrected chi connectivity index (χ2v) is 5.96. The van der Waals surface area contributed by atoms with Crippen molar-refractivity contribution in [1.82, 2.24) is 10.2 Å². The Morgan fingerprint density at radius 3 is 2.79 bits per heavy atom. The summed E-state index contributed by atoms with van der Waals surface area (Å²) in [6.07, 6.45) is 7.84. The number of halogens is 1. The summed E-state index contributed by atoms with van der Waals surface area (Å²) in [4.78, 5) is 14.4. The van der Waals surface area contributed by atoms with Crippen LogP contribution < -0.4 is 5.32 Å². The first-order valence-electron chi connectivity index (χ1n) is 7.46. The predicted molar refractivity (Wildman–Crippen MR) is 76.6 cm³/mol. The van der Waals surface area contributed by atoms with E-state index in [0.29, 0.717) is 24.4 Å². The largest absolute Gasteiger partial charge is 0.378 e. The van der Waals surface area contributed by atoms with Gasteiger partial charge in [-0.2, -0.15) is 0 Å². The normalized spacial score (nSPS) is 34.5. The number of carbonyl (C=O) groups is 1. The minimum absolute atomic E-state index is 0. The molecule has 1 amide bonds. The lowest BCUT2D eigenvalue weighted by atomic mass is 10.0. The van der Waals surface area contributed by atoms with Crippen LogP contribution in [0.25, 0.3) is 0 Å². The van der Waals surface area contributed by atoms with E-state index in [-0.39, 0.29) is 18.5 Å². The highest BCUT2D eigenvalue weighted by atomic mass is 35.5. The molecule has 0 radical (unpaired) electrons. The Balaban J connectivity index is 0.00000133. The lowest BCUT2D eigenvalue weighted by Gasteiger charge is -2.28. The highest BCUT2D eigenvalue weighted by Crippen LogP contribution is 2.22. The first-order chi connectivity index (χ1) is 8.81. The minimum Gasteiger partial charge on any atom is -0.378 e. The summed E-state index contributed by atoms with van der Waals surface area (Å²) in [5, 5.41) is 3.62. The number of amides is 1. The third kappa shape index (κ3) is 3.83. The molecule has 3 saturated heterocycles. The van der Waals surface area contributed by atoms with E-state index in [1.807, 2.05) is 0 Å². The maximum Gasteiger partial charge on any atom is 0.225 e. The van der Waals surface area contributed by atoms with Crippen LogP contribution in [0.15, 0.2) is 0 Å². The van der Waals surface area contributed by atoms with Crippen molar-refractivity contribution >= 4 is 18.3 Å². The molecule has 3 fully saturated rings. The molecule has 3 aliphatic heterocycles. The van der Waals surface area contributed by atoms with Gasteiger partial charge in [-0.05, 0) is 38.5 Å². The predicted octanol–water partition coefficient (Wildman–Crippen LogP) is 1.72. The van der Waals surface area contributed by atoms with E-state index in [0.717, 1.165) is 39.0 Å². The van der Waals surface area contributed by atoms with Crippen molar-refractivity contribution < 1.29 is 9.53 Å². The fraction of sp³-hybridized carbons (Fsp3) is 0.929. The molecule has 3 rings (SSSR count). The van der Waals surface area contributed by atoms with E-state index in [1.165, 1.54) is 19.3 Å². The van der Waals surface area contributed by atoms with Crippen LogP contribution in [-0.4, -0.2) is 48.7 Å². The average Bonchev–Trinajstić information content (AvgIpc) is 2.70. The van der Waals surface area contributed by atoms with Crippen LogP contribution in [0.4, 0.5) is 0 Å². The molecule has 5 heteroatoms. The zero-order valence-corrected chi connectivity index (χ0v) is 12.3. The molecular weight excluding hydrogens is 264 g/mol. The molecule has 0 aliphatic carbocycles. The number of fused-ring (bicyclic) bond motifs is 2. The number of hydrogen-bond donors (Lipinski definition) is 1. The summed E-state index contributed by atoms with van der Waals surface area (Å²) >= 11 is 0. The van der Waals surface area contributed by atoms with Crippen molar-refractivity contribution in [1.29, 1.82) is 0 Å². The zero-order chi connectivity index (χ0) is 12.4. The van der Waals surface area contributed by atoms with Crippen LogP contribution in [0.3, 0.4) is 0 Å². The van der Waals surface area contributed by atoms with Crippen molar-refractivity contribution in [3.63, 3.8) is 0 Å². The number of nitrogens with zero attached hydrogens (tertiary/aromatic N) is 1. The van der Waals surface area contributed by atoms with Gasteiger partial charge in [0.1, 0.15) is 0 Å². The van der Waals surface area contributed by atoms with E-state index in [4.69, 9.17) is 4.74 Å². The maximum atomic E-state index is 12.3. The molecule has 3 atom stereocenters. The van der Waals surface area contributed by atoms with Gasteiger partial charge < -0.3 is 15.0 Å². The number of carbonyl (C=O) groups excluding carboxylic acids is 1. The van der Waals surface area contributed by atoms with Crippen LogP contribution in [0.1, 0.15) is 44.9 Å². The van der Waals surface area contributed by atoms with Crippen LogP contribution in [0.5, 0.6) is 0 Å². The van der Waals surface area contributed by atoms with Gasteiger partial charge in [-0.3, -0.25) is 4.79 Å². The first kappa shape index (κ1) is 15.1. The summed E-state index contributed by atoms with van der Waals surface area (Å²) < 4.78 is 5.67. The second kappa shape index (κ2) is 6.91. The summed E-state index contributed by atoms with van der Waals surface area (Å²) in [5.74, 6) is 0.302. The van der Waals surface area contributed by atoms with E-state index in [1.54, 1.807) is 0 Å². The number of nitrogens with one attached hydrogen (secondary N) is 1. The standard InChI is InChI=1S/C14H24N2O2.ClH/c17-14(9-13-3-1-2-8-18-13)16-7-6-11-4-5-12(10-16)15-11;/h11-13,15H,1-10H2;1H. The summed E-state index contributed by atoms with van der Waals surface area (Å²) in [6.45, 7) is 2.67. The summed E-state index contributed by atoms with van der Waals surface area (Å²) in [7, 11) is 0. The quantitative estimate of drug-likeness (QED) is 0.841. The Bertz CT molecular complexity index is 308. The summed E-state index contributed by atoms with van der Waals surface area (Å²) in [6, 6.07) is 1.19. The molecule has 3 aliphatic rings. The van der Waals surface area contributed by atoms with Gasteiger partial charge in [0.05, 0.1) is 12.5 Å². The van der Waals surface area contributed by atoms with Crippen LogP contribution in [0.2, 0.25) is 0 Å². The molecule has 19 heavy (non-hydrogen) atoms. The fourth-order valence-corrected chi connectivity index (χ4v) is 3.46. The van der Waals surface area contributed by atoms with E-state index in [9.17, 15) is 4.79 Å². The third-order valence-electron chi connectivity index (χ3n) is 4.55. The van der Waals surface area contributed by atoms with Crippen molar-refractivity contribution in [3.05, 3.63) is 0 Å². The van der Waals surface area contributed by atoms with Gasteiger partial charge in [0.25, 0.3) is 0 Å². The number of ether oxygens (including phenoxy) is 1. The van der Waals surface area contributed by atoms with Crippen molar-refractivity contribution in [3.8, 4) is 0 Å². The Hall–Kier alpha value is -0.320. The van der Waals surface area contributed by atoms with E-state index in [2.05, 4.69) is 10.2 Å². The van der Waals surface area contributed by atoms with Gasteiger partial charge in [0.2, 0.25) is 5.91 Å². The number of rotatable bonds is 2. The van der Waals surface area contributed by atoms with Gasteiger partial charge in [-0.15, -0.1) is 12.4 Å². The van der Waals surface area contributed by atoms with Crippen molar-refractivity contribution in [2.24, 2.45) is 0 Å². The van der Waals surface area contributed by atoms with Crippen molar-refractivity contribution in [2.45, 2.75) is 63.1 Å². The average molecular weight is 289 g/mol. The zero-order valence-electron chi connectivity index (χ0n) is 11.5. The Morgan fingerprint density at radius 2 is 2.00 bits per heavy atom. The monoisotopic (exact) mass is 288 g/mol. The third-order valence-corrected chi connectivity index (χ3v) is 4.55.